The van der Waals surface area contributed by atoms with E-state index in [0.717, 1.165) is 12.2 Å². The van der Waals surface area contributed by atoms with Gasteiger partial charge < -0.3 is 5.32 Å². The molecule has 3 rings (SSSR count). The highest BCUT2D eigenvalue weighted by Crippen LogP contribution is 2.22. The molecule has 1 heterocycles. The maximum atomic E-state index is 4.37. The fraction of sp³-hybridized carbons (Fsp3) is 0.105. The van der Waals surface area contributed by atoms with Crippen LogP contribution in [0.15, 0.2) is 85.1 Å². The van der Waals surface area contributed by atoms with Gasteiger partial charge in [-0.05, 0) is 29.7 Å². The van der Waals surface area contributed by atoms with Crippen LogP contribution in [-0.4, -0.2) is 4.98 Å². The van der Waals surface area contributed by atoms with Gasteiger partial charge in [0.1, 0.15) is 5.82 Å². The van der Waals surface area contributed by atoms with Gasteiger partial charge in [0.15, 0.2) is 0 Å². The van der Waals surface area contributed by atoms with Crippen molar-refractivity contribution in [3.05, 3.63) is 96.2 Å². The molecular formula is C19H18N2. The number of benzene rings is 2. The minimum atomic E-state index is 0.212. The molecule has 21 heavy (non-hydrogen) atoms. The van der Waals surface area contributed by atoms with Gasteiger partial charge in [0, 0.05) is 6.20 Å². The SMILES string of the molecule is c1ccc(C[C@@H](Nc2ccccn2)c2ccccc2)cc1. The Bertz CT molecular complexity index is 609. The van der Waals surface area contributed by atoms with E-state index in [2.05, 4.69) is 58.8 Å². The molecule has 0 radical (unpaired) electrons. The molecule has 2 aromatic carbocycles. The van der Waals surface area contributed by atoms with Gasteiger partial charge in [0.05, 0.1) is 6.04 Å². The smallest absolute Gasteiger partial charge is 0.126 e. The van der Waals surface area contributed by atoms with Crippen molar-refractivity contribution in [2.24, 2.45) is 0 Å². The number of aromatic nitrogens is 1. The number of nitrogens with one attached hydrogen (secondary N) is 1. The number of anilines is 1. The Labute approximate surface area is 125 Å². The van der Waals surface area contributed by atoms with Gasteiger partial charge in [-0.15, -0.1) is 0 Å². The molecule has 0 saturated heterocycles. The van der Waals surface area contributed by atoms with Crippen LogP contribution in [0.25, 0.3) is 0 Å². The summed E-state index contributed by atoms with van der Waals surface area (Å²) in [7, 11) is 0. The van der Waals surface area contributed by atoms with Crippen LogP contribution in [-0.2, 0) is 6.42 Å². The zero-order valence-corrected chi connectivity index (χ0v) is 11.8. The number of pyridine rings is 1. The lowest BCUT2D eigenvalue weighted by atomic mass is 9.99. The van der Waals surface area contributed by atoms with Crippen molar-refractivity contribution >= 4 is 5.82 Å². The molecule has 1 atom stereocenters. The Hall–Kier alpha value is -2.61. The highest BCUT2D eigenvalue weighted by atomic mass is 15.0. The van der Waals surface area contributed by atoms with Crippen molar-refractivity contribution in [2.45, 2.75) is 12.5 Å². The summed E-state index contributed by atoms with van der Waals surface area (Å²) in [5, 5.41) is 3.53. The molecule has 0 aliphatic carbocycles. The molecule has 2 heteroatoms. The Balaban J connectivity index is 1.84. The average molecular weight is 274 g/mol. The molecular weight excluding hydrogens is 256 g/mol. The summed E-state index contributed by atoms with van der Waals surface area (Å²) in [5.41, 5.74) is 2.58. The van der Waals surface area contributed by atoms with E-state index in [4.69, 9.17) is 0 Å². The van der Waals surface area contributed by atoms with Crippen molar-refractivity contribution in [3.63, 3.8) is 0 Å². The third-order valence-electron chi connectivity index (χ3n) is 3.47. The van der Waals surface area contributed by atoms with Gasteiger partial charge in [0.25, 0.3) is 0 Å². The van der Waals surface area contributed by atoms with Crippen LogP contribution < -0.4 is 5.32 Å². The molecule has 0 aliphatic rings. The Morgan fingerprint density at radius 2 is 1.43 bits per heavy atom. The first-order valence-corrected chi connectivity index (χ1v) is 7.18. The molecule has 1 aromatic heterocycles. The van der Waals surface area contributed by atoms with Crippen molar-refractivity contribution in [3.8, 4) is 0 Å². The Morgan fingerprint density at radius 1 is 0.762 bits per heavy atom. The van der Waals surface area contributed by atoms with Gasteiger partial charge in [-0.1, -0.05) is 66.7 Å². The molecule has 3 aromatic rings. The summed E-state index contributed by atoms with van der Waals surface area (Å²) in [6, 6.07) is 27.2. The summed E-state index contributed by atoms with van der Waals surface area (Å²) in [6.45, 7) is 0. The summed E-state index contributed by atoms with van der Waals surface area (Å²) in [5.74, 6) is 0.905. The van der Waals surface area contributed by atoms with Gasteiger partial charge in [-0.3, -0.25) is 0 Å². The van der Waals surface area contributed by atoms with E-state index in [1.165, 1.54) is 11.1 Å². The van der Waals surface area contributed by atoms with Crippen LogP contribution in [0, 0.1) is 0 Å². The second kappa shape index (κ2) is 6.71. The lowest BCUT2D eigenvalue weighted by Crippen LogP contribution is -2.14. The van der Waals surface area contributed by atoms with Crippen LogP contribution in [0.1, 0.15) is 17.2 Å². The lowest BCUT2D eigenvalue weighted by Gasteiger charge is -2.20. The topological polar surface area (TPSA) is 24.9 Å². The van der Waals surface area contributed by atoms with Crippen molar-refractivity contribution in [1.82, 2.24) is 4.98 Å². The highest BCUT2D eigenvalue weighted by Gasteiger charge is 2.12. The number of rotatable bonds is 5. The fourth-order valence-electron chi connectivity index (χ4n) is 2.41. The van der Waals surface area contributed by atoms with Gasteiger partial charge in [0.2, 0.25) is 0 Å². The first-order chi connectivity index (χ1) is 10.4. The molecule has 0 fully saturated rings. The van der Waals surface area contributed by atoms with Crippen LogP contribution in [0.3, 0.4) is 0 Å². The van der Waals surface area contributed by atoms with Crippen LogP contribution in [0.2, 0.25) is 0 Å². The fourth-order valence-corrected chi connectivity index (χ4v) is 2.41. The standard InChI is InChI=1S/C19H18N2/c1-3-9-16(10-4-1)15-18(17-11-5-2-6-12-17)21-19-13-7-8-14-20-19/h1-14,18H,15H2,(H,20,21)/t18-/m1/s1. The van der Waals surface area contributed by atoms with Crippen LogP contribution >= 0.6 is 0 Å². The largest absolute Gasteiger partial charge is 0.363 e. The Kier molecular flexibility index (Phi) is 4.27. The minimum Gasteiger partial charge on any atom is -0.363 e. The third-order valence-corrected chi connectivity index (χ3v) is 3.47. The molecule has 0 unspecified atom stereocenters. The van der Waals surface area contributed by atoms with E-state index in [1.807, 2.05) is 36.5 Å². The molecule has 0 aliphatic heterocycles. The summed E-state index contributed by atoms with van der Waals surface area (Å²) >= 11 is 0. The summed E-state index contributed by atoms with van der Waals surface area (Å²) in [6.07, 6.45) is 2.74. The predicted octanol–water partition coefficient (Wildman–Crippen LogP) is 4.48. The zero-order valence-electron chi connectivity index (χ0n) is 11.8. The van der Waals surface area contributed by atoms with Crippen molar-refractivity contribution in [2.75, 3.05) is 5.32 Å². The molecule has 2 nitrogen and oxygen atoms in total. The number of hydrogen-bond acceptors (Lipinski definition) is 2. The number of hydrogen-bond donors (Lipinski definition) is 1. The maximum absolute atomic E-state index is 4.37. The quantitative estimate of drug-likeness (QED) is 0.742. The van der Waals surface area contributed by atoms with E-state index in [1.54, 1.807) is 0 Å². The molecule has 0 saturated carbocycles. The second-order valence-corrected chi connectivity index (χ2v) is 5.01. The monoisotopic (exact) mass is 274 g/mol. The third kappa shape index (κ3) is 3.69. The lowest BCUT2D eigenvalue weighted by molar-refractivity contribution is 0.770. The summed E-state index contributed by atoms with van der Waals surface area (Å²) < 4.78 is 0. The maximum Gasteiger partial charge on any atom is 0.126 e. The Morgan fingerprint density at radius 3 is 2.10 bits per heavy atom. The molecule has 104 valence electrons. The molecule has 1 N–H and O–H groups in total. The van der Waals surface area contributed by atoms with E-state index in [0.29, 0.717) is 0 Å². The zero-order chi connectivity index (χ0) is 14.3. The van der Waals surface area contributed by atoms with Crippen molar-refractivity contribution in [1.29, 1.82) is 0 Å². The van der Waals surface area contributed by atoms with Gasteiger partial charge >= 0.3 is 0 Å². The van der Waals surface area contributed by atoms with Crippen LogP contribution in [0.5, 0.6) is 0 Å². The first-order valence-electron chi connectivity index (χ1n) is 7.18. The average Bonchev–Trinajstić information content (AvgIpc) is 2.57. The minimum absolute atomic E-state index is 0.212. The molecule has 0 bridgehead atoms. The van der Waals surface area contributed by atoms with E-state index < -0.39 is 0 Å². The first kappa shape index (κ1) is 13.4. The second-order valence-electron chi connectivity index (χ2n) is 5.01. The van der Waals surface area contributed by atoms with E-state index in [-0.39, 0.29) is 6.04 Å². The van der Waals surface area contributed by atoms with Crippen LogP contribution in [0.4, 0.5) is 5.82 Å². The highest BCUT2D eigenvalue weighted by molar-refractivity contribution is 5.39. The number of nitrogens with zero attached hydrogens (tertiary/aromatic N) is 1. The van der Waals surface area contributed by atoms with Crippen molar-refractivity contribution < 1.29 is 0 Å². The van der Waals surface area contributed by atoms with Gasteiger partial charge in [-0.25, -0.2) is 4.98 Å². The van der Waals surface area contributed by atoms with Gasteiger partial charge in [-0.2, -0.15) is 0 Å². The predicted molar refractivity (Wildman–Crippen MR) is 87.2 cm³/mol. The summed E-state index contributed by atoms with van der Waals surface area (Å²) in [4.78, 5) is 4.37. The van der Waals surface area contributed by atoms with E-state index in [9.17, 15) is 0 Å². The molecule has 0 amide bonds. The normalized spacial score (nSPS) is 11.8. The molecule has 0 spiro atoms. The van der Waals surface area contributed by atoms with E-state index >= 15 is 0 Å².